The molecule has 0 radical (unpaired) electrons. The first-order valence-electron chi connectivity index (χ1n) is 9.88. The largest absolute Gasteiger partial charge is 0.468 e. The molecule has 1 atom stereocenters. The Hall–Kier alpha value is -3.43. The number of nitrogens with zero attached hydrogens (tertiary/aromatic N) is 1. The van der Waals surface area contributed by atoms with E-state index < -0.39 is 46.7 Å². The molecule has 32 heavy (non-hydrogen) atoms. The number of carbonyl (C=O) groups is 4. The summed E-state index contributed by atoms with van der Waals surface area (Å²) in [5, 5.41) is 3.90. The predicted molar refractivity (Wildman–Crippen MR) is 112 cm³/mol. The number of esters is 3. The van der Waals surface area contributed by atoms with E-state index in [4.69, 9.17) is 18.9 Å². The Balaban J connectivity index is 2.63. The van der Waals surface area contributed by atoms with Gasteiger partial charge < -0.3 is 18.9 Å². The van der Waals surface area contributed by atoms with Crippen LogP contribution in [0.1, 0.15) is 47.1 Å². The number of amides is 1. The van der Waals surface area contributed by atoms with Gasteiger partial charge in [-0.05, 0) is 33.3 Å². The molecule has 2 rings (SSSR count). The fourth-order valence-electron chi connectivity index (χ4n) is 3.33. The molecule has 0 bridgehead atoms. The lowest BCUT2D eigenvalue weighted by molar-refractivity contribution is -0.246. The Labute approximate surface area is 186 Å². The van der Waals surface area contributed by atoms with Crippen LogP contribution in [0.25, 0.3) is 0 Å². The smallest absolute Gasteiger partial charge is 0.428 e. The maximum absolute atomic E-state index is 13.3. The van der Waals surface area contributed by atoms with Gasteiger partial charge >= 0.3 is 24.0 Å². The monoisotopic (exact) mass is 448 g/mol. The van der Waals surface area contributed by atoms with E-state index in [1.54, 1.807) is 39.0 Å². The quantitative estimate of drug-likeness (QED) is 0.239. The van der Waals surface area contributed by atoms with E-state index in [9.17, 15) is 19.2 Å². The zero-order valence-electron chi connectivity index (χ0n) is 19.2. The molecule has 1 aromatic rings. The lowest BCUT2D eigenvalue weighted by atomic mass is 9.67. The van der Waals surface area contributed by atoms with Crippen LogP contribution < -0.4 is 5.43 Å². The molecule has 1 aliphatic rings. The molecule has 174 valence electrons. The van der Waals surface area contributed by atoms with Gasteiger partial charge in [0.05, 0.1) is 12.8 Å². The lowest BCUT2D eigenvalue weighted by Crippen LogP contribution is -2.63. The third-order valence-corrected chi connectivity index (χ3v) is 4.56. The zero-order valence-corrected chi connectivity index (χ0v) is 19.2. The number of hydrazone groups is 1. The van der Waals surface area contributed by atoms with Gasteiger partial charge in [0.25, 0.3) is 5.79 Å². The van der Waals surface area contributed by atoms with E-state index in [1.807, 2.05) is 0 Å². The normalized spacial score (nSPS) is 18.7. The van der Waals surface area contributed by atoms with E-state index in [0.29, 0.717) is 0 Å². The summed E-state index contributed by atoms with van der Waals surface area (Å²) in [5.74, 6) is -6.10. The molecule has 0 spiro atoms. The zero-order chi connectivity index (χ0) is 24.3. The summed E-state index contributed by atoms with van der Waals surface area (Å²) in [7, 11) is 1.10. The summed E-state index contributed by atoms with van der Waals surface area (Å²) >= 11 is 0. The third kappa shape index (κ3) is 5.06. The van der Waals surface area contributed by atoms with Crippen LogP contribution in [-0.2, 0) is 38.7 Å². The molecule has 1 amide bonds. The average Bonchev–Trinajstić information content (AvgIpc) is 2.67. The Kier molecular flexibility index (Phi) is 6.97. The molecule has 0 aliphatic carbocycles. The van der Waals surface area contributed by atoms with Crippen LogP contribution in [0, 0.1) is 5.92 Å². The van der Waals surface area contributed by atoms with Crippen LogP contribution in [0.3, 0.4) is 0 Å². The lowest BCUT2D eigenvalue weighted by Gasteiger charge is -2.43. The summed E-state index contributed by atoms with van der Waals surface area (Å²) in [6.45, 7) is 9.16. The van der Waals surface area contributed by atoms with Crippen molar-refractivity contribution in [2.45, 2.75) is 58.3 Å². The maximum Gasteiger partial charge on any atom is 0.428 e. The van der Waals surface area contributed by atoms with Crippen molar-refractivity contribution in [3.63, 3.8) is 0 Å². The molecule has 10 nitrogen and oxygen atoms in total. The van der Waals surface area contributed by atoms with Crippen molar-refractivity contribution in [2.75, 3.05) is 7.11 Å². The Morgan fingerprint density at radius 1 is 1.06 bits per heavy atom. The highest BCUT2D eigenvalue weighted by Gasteiger charge is 2.65. The van der Waals surface area contributed by atoms with Gasteiger partial charge in [-0.3, -0.25) is 14.4 Å². The highest BCUT2D eigenvalue weighted by Crippen LogP contribution is 2.42. The first-order chi connectivity index (χ1) is 14.7. The van der Waals surface area contributed by atoms with Crippen molar-refractivity contribution >= 4 is 29.7 Å². The van der Waals surface area contributed by atoms with Crippen molar-refractivity contribution in [1.29, 1.82) is 0 Å². The fourth-order valence-corrected chi connectivity index (χ4v) is 3.33. The SMILES string of the molecule is COC(=O)C(/C(C)=N/NC(=O)OC(C)(C)C)C1(c2ccccc2)C(=O)OC(C)(C)OC1=O. The van der Waals surface area contributed by atoms with Crippen molar-refractivity contribution in [3.8, 4) is 0 Å². The molecule has 10 heteroatoms. The topological polar surface area (TPSA) is 130 Å². The summed E-state index contributed by atoms with van der Waals surface area (Å²) in [4.78, 5) is 51.6. The Bertz CT molecular complexity index is 911. The molecule has 1 aliphatic heterocycles. The fraction of sp³-hybridized carbons (Fsp3) is 0.500. The minimum Gasteiger partial charge on any atom is -0.468 e. The number of methoxy groups -OCH3 is 1. The average molecular weight is 448 g/mol. The molecule has 0 aromatic heterocycles. The van der Waals surface area contributed by atoms with Gasteiger partial charge in [-0.1, -0.05) is 30.3 Å². The van der Waals surface area contributed by atoms with Gasteiger partial charge in [-0.25, -0.2) is 10.2 Å². The molecular formula is C22H28N2O8. The van der Waals surface area contributed by atoms with Gasteiger partial charge in [0, 0.05) is 13.8 Å². The first-order valence-corrected chi connectivity index (χ1v) is 9.88. The standard InChI is InChI=1S/C22H28N2O8/c1-13(23-24-19(28)32-20(2,3)4)15(16(25)29-7)22(14-11-9-8-10-12-14)17(26)30-21(5,6)31-18(22)27/h8-12,15H,1-7H3,(H,24,28)/b23-13+. The van der Waals surface area contributed by atoms with E-state index >= 15 is 0 Å². The second-order valence-electron chi connectivity index (χ2n) is 8.68. The molecule has 1 N–H and O–H groups in total. The number of hydrogen-bond acceptors (Lipinski definition) is 9. The highest BCUT2D eigenvalue weighted by molar-refractivity contribution is 6.18. The van der Waals surface area contributed by atoms with E-state index in [1.165, 1.54) is 32.9 Å². The summed E-state index contributed by atoms with van der Waals surface area (Å²) in [6, 6.07) is 7.85. The van der Waals surface area contributed by atoms with Crippen LogP contribution in [0.15, 0.2) is 35.4 Å². The number of hydrogen-bond donors (Lipinski definition) is 1. The summed E-state index contributed by atoms with van der Waals surface area (Å²) < 4.78 is 20.8. The first kappa shape index (κ1) is 24.8. The van der Waals surface area contributed by atoms with Crippen LogP contribution in [0.4, 0.5) is 4.79 Å². The van der Waals surface area contributed by atoms with Gasteiger partial charge in [0.2, 0.25) is 5.41 Å². The van der Waals surface area contributed by atoms with Crippen molar-refractivity contribution in [1.82, 2.24) is 5.43 Å². The van der Waals surface area contributed by atoms with Gasteiger partial charge in [-0.15, -0.1) is 0 Å². The van der Waals surface area contributed by atoms with Crippen LogP contribution in [0.5, 0.6) is 0 Å². The number of carbonyl (C=O) groups excluding carboxylic acids is 4. The van der Waals surface area contributed by atoms with Crippen LogP contribution in [-0.4, -0.2) is 48.2 Å². The minimum absolute atomic E-state index is 0.0971. The van der Waals surface area contributed by atoms with E-state index in [0.717, 1.165) is 7.11 Å². The van der Waals surface area contributed by atoms with Crippen molar-refractivity contribution in [2.24, 2.45) is 11.0 Å². The molecule has 1 aromatic carbocycles. The third-order valence-electron chi connectivity index (χ3n) is 4.56. The molecule has 1 heterocycles. The second-order valence-corrected chi connectivity index (χ2v) is 8.68. The molecule has 0 saturated carbocycles. The molecular weight excluding hydrogens is 420 g/mol. The number of benzene rings is 1. The number of ether oxygens (including phenoxy) is 4. The number of nitrogens with one attached hydrogen (secondary N) is 1. The highest BCUT2D eigenvalue weighted by atomic mass is 16.7. The number of rotatable bonds is 5. The van der Waals surface area contributed by atoms with Crippen molar-refractivity contribution < 1.29 is 38.1 Å². The molecule has 1 saturated heterocycles. The Morgan fingerprint density at radius 3 is 2.06 bits per heavy atom. The van der Waals surface area contributed by atoms with Gasteiger partial charge in [0.1, 0.15) is 11.5 Å². The number of cyclic esters (lactones) is 2. The van der Waals surface area contributed by atoms with E-state index in [-0.39, 0.29) is 11.3 Å². The van der Waals surface area contributed by atoms with E-state index in [2.05, 4.69) is 10.5 Å². The van der Waals surface area contributed by atoms with Gasteiger partial charge in [0.15, 0.2) is 0 Å². The summed E-state index contributed by atoms with van der Waals surface area (Å²) in [6.07, 6.45) is -0.885. The minimum atomic E-state index is -2.24. The molecule has 1 unspecified atom stereocenters. The Morgan fingerprint density at radius 2 is 1.59 bits per heavy atom. The van der Waals surface area contributed by atoms with Crippen LogP contribution in [0.2, 0.25) is 0 Å². The summed E-state index contributed by atoms with van der Waals surface area (Å²) in [5.41, 5.74) is -0.816. The van der Waals surface area contributed by atoms with Crippen LogP contribution >= 0.6 is 0 Å². The van der Waals surface area contributed by atoms with Gasteiger partial charge in [-0.2, -0.15) is 5.10 Å². The van der Waals surface area contributed by atoms with Crippen molar-refractivity contribution in [3.05, 3.63) is 35.9 Å². The molecule has 1 fully saturated rings. The predicted octanol–water partition coefficient (Wildman–Crippen LogP) is 2.45. The maximum atomic E-state index is 13.3. The second kappa shape index (κ2) is 8.97.